The van der Waals surface area contributed by atoms with Crippen molar-refractivity contribution in [3.05, 3.63) is 17.7 Å². The summed E-state index contributed by atoms with van der Waals surface area (Å²) in [5.74, 6) is 1.58. The molecule has 0 radical (unpaired) electrons. The minimum absolute atomic E-state index is 0. The van der Waals surface area contributed by atoms with E-state index in [0.29, 0.717) is 16.7 Å². The molecule has 2 aliphatic rings. The molecule has 0 bridgehead atoms. The zero-order valence-corrected chi connectivity index (χ0v) is 22.1. The normalized spacial score (nSPS) is 21.5. The molecule has 1 saturated carbocycles. The van der Waals surface area contributed by atoms with Crippen molar-refractivity contribution < 1.29 is 4.74 Å². The first-order chi connectivity index (χ1) is 14.0. The Hall–Kier alpha value is -1.13. The van der Waals surface area contributed by atoms with Gasteiger partial charge in [0.05, 0.1) is 12.8 Å². The third kappa shape index (κ3) is 6.22. The number of methoxy groups -OCH3 is 1. The molecule has 1 aliphatic carbocycles. The van der Waals surface area contributed by atoms with Crippen LogP contribution in [-0.2, 0) is 0 Å². The van der Waals surface area contributed by atoms with Crippen LogP contribution >= 0.6 is 12.4 Å². The molecule has 0 aromatic heterocycles. The lowest BCUT2D eigenvalue weighted by molar-refractivity contribution is 0.0970. The summed E-state index contributed by atoms with van der Waals surface area (Å²) in [6.07, 6.45) is 5.07. The van der Waals surface area contributed by atoms with Crippen LogP contribution in [0, 0.1) is 10.8 Å². The van der Waals surface area contributed by atoms with Gasteiger partial charge >= 0.3 is 0 Å². The van der Waals surface area contributed by atoms with Crippen LogP contribution in [0.4, 0.5) is 11.4 Å². The molecule has 178 valence electrons. The Balaban J connectivity index is 0.00000341. The Bertz CT molecular complexity index is 708. The lowest BCUT2D eigenvalue weighted by Crippen LogP contribution is -2.47. The highest BCUT2D eigenvalue weighted by Crippen LogP contribution is 2.54. The fourth-order valence-electron chi connectivity index (χ4n) is 6.28. The topological polar surface area (TPSA) is 19.0 Å². The average Bonchev–Trinajstić information content (AvgIpc) is 2.65. The van der Waals surface area contributed by atoms with Crippen molar-refractivity contribution in [1.82, 2.24) is 4.90 Å². The molecular formula is C26H46ClN3O. The van der Waals surface area contributed by atoms with Crippen LogP contribution in [0.2, 0.25) is 0 Å². The van der Waals surface area contributed by atoms with Crippen LogP contribution in [-0.4, -0.2) is 58.8 Å². The maximum Gasteiger partial charge on any atom is 0.144 e. The summed E-state index contributed by atoms with van der Waals surface area (Å²) >= 11 is 0. The van der Waals surface area contributed by atoms with Crippen molar-refractivity contribution in [1.29, 1.82) is 0 Å². The SMILES string of the molecule is CCCN1CCN(c2cc(OC)c(N(C)C)cc2C2CC(C)(C)CC(C)(C)C2)CC1.Cl. The van der Waals surface area contributed by atoms with E-state index in [1.165, 1.54) is 49.2 Å². The van der Waals surface area contributed by atoms with E-state index in [1.807, 2.05) is 0 Å². The predicted molar refractivity (Wildman–Crippen MR) is 138 cm³/mol. The molecule has 0 unspecified atom stereocenters. The van der Waals surface area contributed by atoms with Crippen molar-refractivity contribution in [3.63, 3.8) is 0 Å². The molecule has 0 N–H and O–H groups in total. The van der Waals surface area contributed by atoms with E-state index in [0.717, 1.165) is 31.9 Å². The molecule has 31 heavy (non-hydrogen) atoms. The summed E-state index contributed by atoms with van der Waals surface area (Å²) in [7, 11) is 6.05. The van der Waals surface area contributed by atoms with Crippen LogP contribution in [0.25, 0.3) is 0 Å². The van der Waals surface area contributed by atoms with Gasteiger partial charge in [-0.1, -0.05) is 34.6 Å². The Kier molecular flexibility index (Phi) is 8.60. The van der Waals surface area contributed by atoms with Crippen molar-refractivity contribution in [3.8, 4) is 5.75 Å². The summed E-state index contributed by atoms with van der Waals surface area (Å²) in [4.78, 5) is 7.43. The van der Waals surface area contributed by atoms with E-state index in [1.54, 1.807) is 7.11 Å². The number of hydrogen-bond acceptors (Lipinski definition) is 4. The van der Waals surface area contributed by atoms with E-state index in [9.17, 15) is 0 Å². The lowest BCUT2D eigenvalue weighted by Gasteiger charge is -2.46. The molecule has 1 heterocycles. The van der Waals surface area contributed by atoms with Gasteiger partial charge in [0.2, 0.25) is 0 Å². The highest BCUT2D eigenvalue weighted by molar-refractivity contribution is 5.85. The second kappa shape index (κ2) is 10.2. The second-order valence-corrected chi connectivity index (χ2v) is 11.4. The molecule has 4 nitrogen and oxygen atoms in total. The predicted octanol–water partition coefficient (Wildman–Crippen LogP) is 6.03. The Morgan fingerprint density at radius 3 is 2.06 bits per heavy atom. The van der Waals surface area contributed by atoms with Crippen LogP contribution < -0.4 is 14.5 Å². The fourth-order valence-corrected chi connectivity index (χ4v) is 6.28. The van der Waals surface area contributed by atoms with E-state index < -0.39 is 0 Å². The van der Waals surface area contributed by atoms with Gasteiger partial charge in [0, 0.05) is 52.0 Å². The quantitative estimate of drug-likeness (QED) is 0.525. The maximum absolute atomic E-state index is 5.84. The summed E-state index contributed by atoms with van der Waals surface area (Å²) in [5, 5.41) is 0. The second-order valence-electron chi connectivity index (χ2n) is 11.4. The van der Waals surface area contributed by atoms with E-state index in [2.05, 4.69) is 75.5 Å². The Morgan fingerprint density at radius 1 is 1.00 bits per heavy atom. The van der Waals surface area contributed by atoms with Crippen molar-refractivity contribution >= 4 is 23.8 Å². The zero-order chi connectivity index (χ0) is 22.1. The van der Waals surface area contributed by atoms with Gasteiger partial charge in [-0.2, -0.15) is 0 Å². The number of rotatable bonds is 6. The van der Waals surface area contributed by atoms with Gasteiger partial charge in [0.1, 0.15) is 5.75 Å². The highest BCUT2D eigenvalue weighted by Gasteiger charge is 2.40. The number of benzene rings is 1. The Labute approximate surface area is 197 Å². The fraction of sp³-hybridized carbons (Fsp3) is 0.769. The first kappa shape index (κ1) is 26.1. The molecule has 2 fully saturated rings. The number of ether oxygens (including phenoxy) is 1. The summed E-state index contributed by atoms with van der Waals surface area (Å²) < 4.78 is 5.84. The van der Waals surface area contributed by atoms with Gasteiger partial charge in [-0.3, -0.25) is 4.90 Å². The number of piperazine rings is 1. The van der Waals surface area contributed by atoms with Crippen LogP contribution in [0.3, 0.4) is 0 Å². The van der Waals surface area contributed by atoms with Gasteiger partial charge in [0.15, 0.2) is 0 Å². The minimum Gasteiger partial charge on any atom is -0.495 e. The Morgan fingerprint density at radius 2 is 1.58 bits per heavy atom. The maximum atomic E-state index is 5.84. The standard InChI is InChI=1S/C26H45N3O.ClH/c1-9-10-28-11-13-29(14-12-28)22-16-24(30-8)23(27(6)7)15-21(22)20-17-25(2,3)19-26(4,5)18-20;/h15-16,20H,9-14,17-19H2,1-8H3;1H. The van der Waals surface area contributed by atoms with Crippen LogP contribution in [0.5, 0.6) is 5.75 Å². The molecule has 5 heteroatoms. The van der Waals surface area contributed by atoms with Crippen molar-refractivity contribution in [2.75, 3.05) is 63.7 Å². The summed E-state index contributed by atoms with van der Waals surface area (Å²) in [6.45, 7) is 17.9. The van der Waals surface area contributed by atoms with Gasteiger partial charge in [0.25, 0.3) is 0 Å². The first-order valence-corrected chi connectivity index (χ1v) is 11.9. The van der Waals surface area contributed by atoms with Crippen molar-refractivity contribution in [2.45, 2.75) is 66.2 Å². The molecule has 1 aliphatic heterocycles. The van der Waals surface area contributed by atoms with Gasteiger partial charge in [-0.05, 0) is 60.6 Å². The van der Waals surface area contributed by atoms with Crippen LogP contribution in [0.1, 0.15) is 71.8 Å². The lowest BCUT2D eigenvalue weighted by atomic mass is 9.60. The number of anilines is 2. The largest absolute Gasteiger partial charge is 0.495 e. The molecule has 0 amide bonds. The first-order valence-electron chi connectivity index (χ1n) is 11.9. The van der Waals surface area contributed by atoms with Gasteiger partial charge < -0.3 is 14.5 Å². The van der Waals surface area contributed by atoms with E-state index in [-0.39, 0.29) is 12.4 Å². The number of nitrogens with zero attached hydrogens (tertiary/aromatic N) is 3. The third-order valence-electron chi connectivity index (χ3n) is 7.06. The molecule has 0 atom stereocenters. The van der Waals surface area contributed by atoms with Gasteiger partial charge in [-0.25, -0.2) is 0 Å². The summed E-state index contributed by atoms with van der Waals surface area (Å²) in [6, 6.07) is 4.77. The molecule has 1 aromatic rings. The third-order valence-corrected chi connectivity index (χ3v) is 7.06. The molecule has 0 spiro atoms. The monoisotopic (exact) mass is 451 g/mol. The summed E-state index contributed by atoms with van der Waals surface area (Å²) in [5.41, 5.74) is 4.89. The van der Waals surface area contributed by atoms with E-state index in [4.69, 9.17) is 4.74 Å². The van der Waals surface area contributed by atoms with Gasteiger partial charge in [-0.15, -0.1) is 12.4 Å². The molecule has 3 rings (SSSR count). The number of hydrogen-bond donors (Lipinski definition) is 0. The smallest absolute Gasteiger partial charge is 0.144 e. The zero-order valence-electron chi connectivity index (χ0n) is 21.3. The number of halogens is 1. The van der Waals surface area contributed by atoms with Crippen molar-refractivity contribution in [2.24, 2.45) is 10.8 Å². The molecule has 1 aromatic carbocycles. The molecule has 1 saturated heterocycles. The van der Waals surface area contributed by atoms with Crippen LogP contribution in [0.15, 0.2) is 12.1 Å². The average molecular weight is 452 g/mol. The van der Waals surface area contributed by atoms with E-state index >= 15 is 0 Å². The molecular weight excluding hydrogens is 406 g/mol. The minimum atomic E-state index is 0. The highest BCUT2D eigenvalue weighted by atomic mass is 35.5.